The van der Waals surface area contributed by atoms with Crippen LogP contribution in [0.5, 0.6) is 0 Å². The Morgan fingerprint density at radius 1 is 1.27 bits per heavy atom. The number of rotatable bonds is 2. The molecule has 0 saturated heterocycles. The summed E-state index contributed by atoms with van der Waals surface area (Å²) in [5.41, 5.74) is 5.25. The molecule has 0 aliphatic heterocycles. The van der Waals surface area contributed by atoms with E-state index in [4.69, 9.17) is 11.4 Å². The molecule has 0 aliphatic carbocycles. The lowest BCUT2D eigenvalue weighted by Gasteiger charge is -2.07. The molecule has 0 spiro atoms. The highest BCUT2D eigenvalue weighted by Crippen LogP contribution is 2.32. The van der Waals surface area contributed by atoms with Crippen molar-refractivity contribution in [1.82, 2.24) is 0 Å². The lowest BCUT2D eigenvalue weighted by Crippen LogP contribution is -2.16. The van der Waals surface area contributed by atoms with Crippen molar-refractivity contribution in [1.29, 1.82) is 0 Å². The van der Waals surface area contributed by atoms with E-state index in [2.05, 4.69) is 4.62 Å². The van der Waals surface area contributed by atoms with Gasteiger partial charge >= 0.3 is 7.52 Å². The monoisotopic (exact) mass is 172 g/mol. The quantitative estimate of drug-likeness (QED) is 0.498. The van der Waals surface area contributed by atoms with Crippen LogP contribution in [0.2, 0.25) is 0 Å². The molecule has 0 radical (unpaired) electrons. The normalized spacial score (nSPS) is 15.8. The molecule has 0 aliphatic rings. The number of benzene rings is 1. The van der Waals surface area contributed by atoms with Crippen LogP contribution in [0.1, 0.15) is 0 Å². The molecule has 1 aromatic carbocycles. The zero-order valence-electron chi connectivity index (χ0n) is 5.81. The molecule has 0 amide bonds. The SMILES string of the molecule is NOP(N)(=O)c1ccccc1. The van der Waals surface area contributed by atoms with Crippen LogP contribution in [0.15, 0.2) is 30.3 Å². The fourth-order valence-electron chi connectivity index (χ4n) is 0.697. The third kappa shape index (κ3) is 1.88. The molecule has 0 bridgehead atoms. The minimum Gasteiger partial charge on any atom is -0.268 e. The molecular formula is C6H9N2O2P. The van der Waals surface area contributed by atoms with Crippen molar-refractivity contribution in [3.8, 4) is 0 Å². The van der Waals surface area contributed by atoms with Crippen molar-refractivity contribution in [2.45, 2.75) is 0 Å². The average Bonchev–Trinajstić information content (AvgIpc) is 2.06. The van der Waals surface area contributed by atoms with Crippen LogP contribution in [0, 0.1) is 0 Å². The molecule has 1 aromatic rings. The van der Waals surface area contributed by atoms with E-state index in [1.807, 2.05) is 0 Å². The Kier molecular flexibility index (Phi) is 2.42. The number of hydrogen-bond donors (Lipinski definition) is 2. The van der Waals surface area contributed by atoms with Gasteiger partial charge in [0.1, 0.15) is 0 Å². The van der Waals surface area contributed by atoms with Gasteiger partial charge < -0.3 is 0 Å². The highest BCUT2D eigenvalue weighted by atomic mass is 31.2. The van der Waals surface area contributed by atoms with Crippen molar-refractivity contribution in [2.75, 3.05) is 0 Å². The van der Waals surface area contributed by atoms with Crippen LogP contribution in [-0.2, 0) is 9.19 Å². The summed E-state index contributed by atoms with van der Waals surface area (Å²) in [4.78, 5) is 0. The molecule has 0 heterocycles. The second kappa shape index (κ2) is 3.15. The van der Waals surface area contributed by atoms with Crippen LogP contribution in [-0.4, -0.2) is 0 Å². The lowest BCUT2D eigenvalue weighted by molar-refractivity contribution is 0.336. The molecule has 1 unspecified atom stereocenters. The van der Waals surface area contributed by atoms with Crippen LogP contribution in [0.25, 0.3) is 0 Å². The molecule has 0 fully saturated rings. The fourth-order valence-corrected chi connectivity index (χ4v) is 1.41. The van der Waals surface area contributed by atoms with E-state index in [9.17, 15) is 4.57 Å². The second-order valence-electron chi connectivity index (χ2n) is 2.04. The molecule has 5 heteroatoms. The van der Waals surface area contributed by atoms with Gasteiger partial charge in [-0.1, -0.05) is 18.2 Å². The summed E-state index contributed by atoms with van der Waals surface area (Å²) in [6.45, 7) is 0. The van der Waals surface area contributed by atoms with Crippen LogP contribution >= 0.6 is 7.52 Å². The van der Waals surface area contributed by atoms with Crippen molar-refractivity contribution in [3.05, 3.63) is 30.3 Å². The molecular weight excluding hydrogens is 163 g/mol. The van der Waals surface area contributed by atoms with Crippen molar-refractivity contribution in [3.63, 3.8) is 0 Å². The molecule has 4 N–H and O–H groups in total. The topological polar surface area (TPSA) is 78.3 Å². The molecule has 60 valence electrons. The van der Waals surface area contributed by atoms with Gasteiger partial charge in [-0.3, -0.25) is 10.1 Å². The van der Waals surface area contributed by atoms with Gasteiger partial charge in [0.25, 0.3) is 0 Å². The fraction of sp³-hybridized carbons (Fsp3) is 0. The van der Waals surface area contributed by atoms with Gasteiger partial charge in [0, 0.05) is 0 Å². The Labute approximate surface area is 64.6 Å². The summed E-state index contributed by atoms with van der Waals surface area (Å²) in [7, 11) is -3.25. The molecule has 0 saturated carbocycles. The largest absolute Gasteiger partial charge is 0.313 e. The van der Waals surface area contributed by atoms with E-state index in [0.717, 1.165) is 0 Å². The third-order valence-electron chi connectivity index (χ3n) is 1.27. The Bertz CT molecular complexity index is 275. The van der Waals surface area contributed by atoms with Crippen molar-refractivity contribution >= 4 is 12.8 Å². The van der Waals surface area contributed by atoms with E-state index in [0.29, 0.717) is 5.30 Å². The maximum Gasteiger partial charge on any atom is 0.313 e. The first-order valence-corrected chi connectivity index (χ1v) is 4.69. The zero-order valence-corrected chi connectivity index (χ0v) is 6.70. The first-order chi connectivity index (χ1) is 5.17. The third-order valence-corrected chi connectivity index (χ3v) is 2.60. The highest BCUT2D eigenvalue weighted by molar-refractivity contribution is 7.64. The van der Waals surface area contributed by atoms with Gasteiger partial charge in [0.05, 0.1) is 5.30 Å². The van der Waals surface area contributed by atoms with Crippen LogP contribution in [0.3, 0.4) is 0 Å². The van der Waals surface area contributed by atoms with E-state index >= 15 is 0 Å². The Morgan fingerprint density at radius 3 is 2.27 bits per heavy atom. The summed E-state index contributed by atoms with van der Waals surface area (Å²) in [6, 6.07) is 8.43. The first kappa shape index (κ1) is 8.43. The van der Waals surface area contributed by atoms with E-state index in [1.54, 1.807) is 30.3 Å². The maximum atomic E-state index is 11.2. The smallest absolute Gasteiger partial charge is 0.268 e. The number of nitrogens with two attached hydrogens (primary N) is 2. The van der Waals surface area contributed by atoms with Crippen LogP contribution < -0.4 is 16.7 Å². The molecule has 11 heavy (non-hydrogen) atoms. The van der Waals surface area contributed by atoms with Crippen molar-refractivity contribution < 1.29 is 9.19 Å². The molecule has 1 rings (SSSR count). The predicted octanol–water partition coefficient (Wildman–Crippen LogP) is 0.354. The highest BCUT2D eigenvalue weighted by Gasteiger charge is 2.17. The Balaban J connectivity index is 3.03. The van der Waals surface area contributed by atoms with E-state index in [1.165, 1.54) is 0 Å². The molecule has 4 nitrogen and oxygen atoms in total. The molecule has 1 atom stereocenters. The summed E-state index contributed by atoms with van der Waals surface area (Å²) < 4.78 is 15.4. The van der Waals surface area contributed by atoms with Gasteiger partial charge in [-0.05, 0) is 12.1 Å². The average molecular weight is 172 g/mol. The lowest BCUT2D eigenvalue weighted by atomic mass is 10.4. The number of hydrogen-bond acceptors (Lipinski definition) is 3. The first-order valence-electron chi connectivity index (χ1n) is 2.99. The molecule has 0 aromatic heterocycles. The summed E-state index contributed by atoms with van der Waals surface area (Å²) in [5, 5.41) is 0.419. The standard InChI is InChI=1S/C6H9N2O2P/c7-10-11(8,9)6-4-2-1-3-5-6/h1-5H,7H2,(H2,8,9). The van der Waals surface area contributed by atoms with E-state index in [-0.39, 0.29) is 0 Å². The maximum absolute atomic E-state index is 11.2. The minimum absolute atomic E-state index is 0.419. The van der Waals surface area contributed by atoms with Gasteiger partial charge in [0.15, 0.2) is 0 Å². The zero-order chi connectivity index (χ0) is 8.32. The van der Waals surface area contributed by atoms with Gasteiger partial charge in [-0.25, -0.2) is 10.5 Å². The van der Waals surface area contributed by atoms with Crippen LogP contribution in [0.4, 0.5) is 0 Å². The summed E-state index contributed by atoms with van der Waals surface area (Å²) in [6.07, 6.45) is 0. The second-order valence-corrected chi connectivity index (χ2v) is 3.96. The van der Waals surface area contributed by atoms with Crippen molar-refractivity contribution in [2.24, 2.45) is 11.4 Å². The minimum atomic E-state index is -3.25. The Morgan fingerprint density at radius 2 is 1.82 bits per heavy atom. The Hall–Kier alpha value is -0.670. The van der Waals surface area contributed by atoms with E-state index < -0.39 is 7.52 Å². The van der Waals surface area contributed by atoms with Gasteiger partial charge in [-0.2, -0.15) is 0 Å². The predicted molar refractivity (Wildman–Crippen MR) is 43.1 cm³/mol. The van der Waals surface area contributed by atoms with Gasteiger partial charge in [-0.15, -0.1) is 0 Å². The van der Waals surface area contributed by atoms with Gasteiger partial charge in [0.2, 0.25) is 0 Å². The summed E-state index contributed by atoms with van der Waals surface area (Å²) in [5.74, 6) is 4.75. The summed E-state index contributed by atoms with van der Waals surface area (Å²) >= 11 is 0.